The first kappa shape index (κ1) is 18.3. The van der Waals surface area contributed by atoms with Crippen LogP contribution >= 0.6 is 11.6 Å². The fourth-order valence-electron chi connectivity index (χ4n) is 2.88. The van der Waals surface area contributed by atoms with Crippen molar-refractivity contribution in [3.8, 4) is 11.5 Å². The summed E-state index contributed by atoms with van der Waals surface area (Å²) >= 11 is 6.04. The molecule has 1 aromatic heterocycles. The monoisotopic (exact) mass is 371 g/mol. The van der Waals surface area contributed by atoms with E-state index in [2.05, 4.69) is 10.3 Å². The molecule has 5 nitrogen and oxygen atoms in total. The maximum Gasteiger partial charge on any atom is 0.161 e. The smallest absolute Gasteiger partial charge is 0.161 e. The van der Waals surface area contributed by atoms with E-state index in [-0.39, 0.29) is 6.04 Å². The van der Waals surface area contributed by atoms with Crippen LogP contribution in [0.5, 0.6) is 11.5 Å². The summed E-state index contributed by atoms with van der Waals surface area (Å²) in [7, 11) is 5.26. The summed E-state index contributed by atoms with van der Waals surface area (Å²) in [5.41, 5.74) is 2.19. The largest absolute Gasteiger partial charge is 0.493 e. The van der Waals surface area contributed by atoms with Crippen molar-refractivity contribution in [1.29, 1.82) is 0 Å². The highest BCUT2D eigenvalue weighted by Gasteiger charge is 2.18. The summed E-state index contributed by atoms with van der Waals surface area (Å²) in [6, 6.07) is 13.7. The van der Waals surface area contributed by atoms with Crippen LogP contribution in [0.15, 0.2) is 54.9 Å². The molecule has 6 heteroatoms. The van der Waals surface area contributed by atoms with E-state index in [0.29, 0.717) is 17.3 Å². The lowest BCUT2D eigenvalue weighted by atomic mass is 10.1. The van der Waals surface area contributed by atoms with Crippen molar-refractivity contribution in [2.75, 3.05) is 14.2 Å². The third-order valence-corrected chi connectivity index (χ3v) is 4.53. The Kier molecular flexibility index (Phi) is 5.81. The third-order valence-electron chi connectivity index (χ3n) is 4.28. The number of rotatable bonds is 7. The predicted octanol–water partition coefficient (Wildman–Crippen LogP) is 3.97. The van der Waals surface area contributed by atoms with E-state index in [4.69, 9.17) is 21.1 Å². The van der Waals surface area contributed by atoms with Crippen LogP contribution in [-0.2, 0) is 13.6 Å². The van der Waals surface area contributed by atoms with Crippen LogP contribution in [0.3, 0.4) is 0 Å². The molecule has 0 aliphatic heterocycles. The Hall–Kier alpha value is -2.50. The summed E-state index contributed by atoms with van der Waals surface area (Å²) in [5.74, 6) is 2.37. The highest BCUT2D eigenvalue weighted by molar-refractivity contribution is 6.30. The highest BCUT2D eigenvalue weighted by Crippen LogP contribution is 2.28. The summed E-state index contributed by atoms with van der Waals surface area (Å²) in [6.07, 6.45) is 3.74. The molecule has 0 bridgehead atoms. The number of aryl methyl sites for hydroxylation is 1. The van der Waals surface area contributed by atoms with Gasteiger partial charge in [0.2, 0.25) is 0 Å². The van der Waals surface area contributed by atoms with Gasteiger partial charge in [-0.25, -0.2) is 4.98 Å². The van der Waals surface area contributed by atoms with Crippen molar-refractivity contribution in [2.45, 2.75) is 12.6 Å². The average Bonchev–Trinajstić information content (AvgIpc) is 3.09. The summed E-state index contributed by atoms with van der Waals surface area (Å²) in [5, 5.41) is 4.30. The van der Waals surface area contributed by atoms with Crippen LogP contribution in [0, 0.1) is 0 Å². The van der Waals surface area contributed by atoms with Crippen molar-refractivity contribution in [1.82, 2.24) is 14.9 Å². The second-order valence-corrected chi connectivity index (χ2v) is 6.39. The Morgan fingerprint density at radius 2 is 1.81 bits per heavy atom. The Bertz CT molecular complexity index is 862. The zero-order chi connectivity index (χ0) is 18.5. The topological polar surface area (TPSA) is 48.3 Å². The van der Waals surface area contributed by atoms with Gasteiger partial charge in [0.25, 0.3) is 0 Å². The van der Waals surface area contributed by atoms with Crippen LogP contribution in [-0.4, -0.2) is 23.8 Å². The molecule has 1 atom stereocenters. The van der Waals surface area contributed by atoms with Crippen LogP contribution in [0.4, 0.5) is 0 Å². The number of nitrogens with one attached hydrogen (secondary N) is 1. The Balaban J connectivity index is 1.85. The fraction of sp³-hybridized carbons (Fsp3) is 0.250. The van der Waals surface area contributed by atoms with Gasteiger partial charge in [-0.15, -0.1) is 0 Å². The Labute approximate surface area is 158 Å². The Morgan fingerprint density at radius 3 is 2.42 bits per heavy atom. The fourth-order valence-corrected chi connectivity index (χ4v) is 3.01. The maximum atomic E-state index is 6.04. The van der Waals surface area contributed by atoms with Gasteiger partial charge in [-0.3, -0.25) is 5.32 Å². The number of nitrogens with zero attached hydrogens (tertiary/aromatic N) is 2. The zero-order valence-corrected chi connectivity index (χ0v) is 15.8. The van der Waals surface area contributed by atoms with E-state index in [9.17, 15) is 0 Å². The van der Waals surface area contributed by atoms with E-state index >= 15 is 0 Å². The number of hydrogen-bond acceptors (Lipinski definition) is 4. The Morgan fingerprint density at radius 1 is 1.08 bits per heavy atom. The molecule has 1 heterocycles. The van der Waals surface area contributed by atoms with Gasteiger partial charge in [-0.1, -0.05) is 29.8 Å². The molecule has 0 fully saturated rings. The van der Waals surface area contributed by atoms with Gasteiger partial charge in [-0.05, 0) is 35.4 Å². The molecule has 0 saturated carbocycles. The number of methoxy groups -OCH3 is 2. The van der Waals surface area contributed by atoms with Gasteiger partial charge in [0.05, 0.1) is 20.3 Å². The standard InChI is InChI=1S/C20H22ClN3O2/c1-24-11-10-22-20(24)19(15-5-7-16(21)8-6-15)23-13-14-4-9-17(25-2)18(12-14)26-3/h4-12,19,23H,13H2,1-3H3/t19-/m0/s1. The first-order valence-electron chi connectivity index (χ1n) is 8.29. The third kappa shape index (κ3) is 4.00. The van der Waals surface area contributed by atoms with E-state index < -0.39 is 0 Å². The molecule has 136 valence electrons. The molecule has 1 N–H and O–H groups in total. The summed E-state index contributed by atoms with van der Waals surface area (Å²) in [6.45, 7) is 0.653. The van der Waals surface area contributed by atoms with Crippen molar-refractivity contribution in [3.05, 3.63) is 76.8 Å². The minimum atomic E-state index is -0.0552. The van der Waals surface area contributed by atoms with Gasteiger partial charge < -0.3 is 14.0 Å². The van der Waals surface area contributed by atoms with Crippen molar-refractivity contribution in [2.24, 2.45) is 7.05 Å². The van der Waals surface area contributed by atoms with E-state index in [1.807, 2.05) is 60.3 Å². The maximum absolute atomic E-state index is 6.04. The minimum Gasteiger partial charge on any atom is -0.493 e. The molecular weight excluding hydrogens is 350 g/mol. The minimum absolute atomic E-state index is 0.0552. The van der Waals surface area contributed by atoms with Crippen molar-refractivity contribution >= 4 is 11.6 Å². The molecule has 0 unspecified atom stereocenters. The second kappa shape index (κ2) is 8.25. The summed E-state index contributed by atoms with van der Waals surface area (Å²) < 4.78 is 12.7. The first-order chi connectivity index (χ1) is 12.6. The SMILES string of the molecule is COc1ccc(CN[C@@H](c2ccc(Cl)cc2)c2nccn2C)cc1OC. The van der Waals surface area contributed by atoms with E-state index in [1.54, 1.807) is 20.4 Å². The molecule has 3 aromatic rings. The second-order valence-electron chi connectivity index (χ2n) is 5.95. The first-order valence-corrected chi connectivity index (χ1v) is 8.67. The van der Waals surface area contributed by atoms with E-state index in [1.165, 1.54) is 0 Å². The van der Waals surface area contributed by atoms with Gasteiger partial charge in [0.15, 0.2) is 11.5 Å². The zero-order valence-electron chi connectivity index (χ0n) is 15.1. The van der Waals surface area contributed by atoms with Crippen molar-refractivity contribution in [3.63, 3.8) is 0 Å². The number of benzene rings is 2. The molecule has 0 aliphatic carbocycles. The molecule has 0 amide bonds. The van der Waals surface area contributed by atoms with Gasteiger partial charge in [0, 0.05) is 31.0 Å². The molecule has 0 radical (unpaired) electrons. The quantitative estimate of drug-likeness (QED) is 0.682. The number of aromatic nitrogens is 2. The number of hydrogen-bond donors (Lipinski definition) is 1. The number of imidazole rings is 1. The van der Waals surface area contributed by atoms with Gasteiger partial charge in [-0.2, -0.15) is 0 Å². The van der Waals surface area contributed by atoms with E-state index in [0.717, 1.165) is 22.7 Å². The lowest BCUT2D eigenvalue weighted by molar-refractivity contribution is 0.354. The van der Waals surface area contributed by atoms with Crippen LogP contribution in [0.1, 0.15) is 23.0 Å². The van der Waals surface area contributed by atoms with Gasteiger partial charge >= 0.3 is 0 Å². The predicted molar refractivity (Wildman–Crippen MR) is 103 cm³/mol. The molecule has 0 aliphatic rings. The average molecular weight is 372 g/mol. The molecule has 0 spiro atoms. The van der Waals surface area contributed by atoms with Crippen LogP contribution < -0.4 is 14.8 Å². The molecule has 3 rings (SSSR count). The molecule has 0 saturated heterocycles. The molecule has 26 heavy (non-hydrogen) atoms. The number of halogens is 1. The molecular formula is C20H22ClN3O2. The highest BCUT2D eigenvalue weighted by atomic mass is 35.5. The lowest BCUT2D eigenvalue weighted by Gasteiger charge is -2.20. The van der Waals surface area contributed by atoms with Crippen LogP contribution in [0.25, 0.3) is 0 Å². The molecule has 2 aromatic carbocycles. The van der Waals surface area contributed by atoms with Crippen molar-refractivity contribution < 1.29 is 9.47 Å². The van der Waals surface area contributed by atoms with Crippen LogP contribution in [0.2, 0.25) is 5.02 Å². The summed E-state index contributed by atoms with van der Waals surface area (Å²) in [4.78, 5) is 4.51. The number of ether oxygens (including phenoxy) is 2. The van der Waals surface area contributed by atoms with Gasteiger partial charge in [0.1, 0.15) is 5.82 Å². The normalized spacial score (nSPS) is 12.0. The lowest BCUT2D eigenvalue weighted by Crippen LogP contribution is -2.24.